The van der Waals surface area contributed by atoms with Crippen LogP contribution in [0.1, 0.15) is 45.4 Å². The lowest BCUT2D eigenvalue weighted by atomic mass is 9.94. The van der Waals surface area contributed by atoms with Crippen LogP contribution in [0.2, 0.25) is 0 Å². The van der Waals surface area contributed by atoms with E-state index in [1.807, 2.05) is 11.8 Å². The molecule has 2 aliphatic rings. The SMILES string of the molecule is CCS[C@@H]1CCCC[C@H]1NC(=O)[C@H]1CCCO1. The highest BCUT2D eigenvalue weighted by Gasteiger charge is 2.30. The predicted octanol–water partition coefficient (Wildman–Crippen LogP) is 2.35. The number of hydrogen-bond donors (Lipinski definition) is 1. The largest absolute Gasteiger partial charge is 0.368 e. The third-order valence-corrected chi connectivity index (χ3v) is 4.96. The lowest BCUT2D eigenvalue weighted by molar-refractivity contribution is -0.130. The smallest absolute Gasteiger partial charge is 0.249 e. The Balaban J connectivity index is 1.84. The van der Waals surface area contributed by atoms with Crippen molar-refractivity contribution in [3.63, 3.8) is 0 Å². The summed E-state index contributed by atoms with van der Waals surface area (Å²) in [7, 11) is 0. The Kier molecular flexibility index (Phi) is 5.16. The molecule has 2 fully saturated rings. The van der Waals surface area contributed by atoms with Gasteiger partial charge in [0.15, 0.2) is 0 Å². The molecular weight excluding hydrogens is 234 g/mol. The van der Waals surface area contributed by atoms with Crippen LogP contribution in [0.5, 0.6) is 0 Å². The molecule has 0 aromatic rings. The lowest BCUT2D eigenvalue weighted by Crippen LogP contribution is -2.47. The second kappa shape index (κ2) is 6.64. The Morgan fingerprint density at radius 3 is 2.82 bits per heavy atom. The fourth-order valence-corrected chi connectivity index (χ4v) is 3.93. The summed E-state index contributed by atoms with van der Waals surface area (Å²) in [5.74, 6) is 1.26. The van der Waals surface area contributed by atoms with Crippen molar-refractivity contribution >= 4 is 17.7 Å². The molecular formula is C13H23NO2S. The van der Waals surface area contributed by atoms with Crippen molar-refractivity contribution < 1.29 is 9.53 Å². The van der Waals surface area contributed by atoms with Crippen molar-refractivity contribution in [3.8, 4) is 0 Å². The zero-order valence-corrected chi connectivity index (χ0v) is 11.4. The van der Waals surface area contributed by atoms with Crippen LogP contribution in [0.3, 0.4) is 0 Å². The first-order valence-electron chi connectivity index (χ1n) is 6.85. The van der Waals surface area contributed by atoms with E-state index in [4.69, 9.17) is 4.74 Å². The van der Waals surface area contributed by atoms with Gasteiger partial charge < -0.3 is 10.1 Å². The molecule has 1 N–H and O–H groups in total. The molecule has 1 saturated heterocycles. The normalized spacial score (nSPS) is 33.6. The van der Waals surface area contributed by atoms with Crippen molar-refractivity contribution in [1.82, 2.24) is 5.32 Å². The van der Waals surface area contributed by atoms with E-state index in [-0.39, 0.29) is 12.0 Å². The van der Waals surface area contributed by atoms with Crippen molar-refractivity contribution in [2.75, 3.05) is 12.4 Å². The van der Waals surface area contributed by atoms with Gasteiger partial charge in [-0.25, -0.2) is 0 Å². The van der Waals surface area contributed by atoms with Gasteiger partial charge in [0.05, 0.1) is 0 Å². The van der Waals surface area contributed by atoms with Crippen molar-refractivity contribution in [2.45, 2.75) is 62.8 Å². The van der Waals surface area contributed by atoms with Gasteiger partial charge in [0.2, 0.25) is 5.91 Å². The maximum atomic E-state index is 12.0. The molecule has 0 unspecified atom stereocenters. The Labute approximate surface area is 108 Å². The molecule has 4 heteroatoms. The van der Waals surface area contributed by atoms with Crippen molar-refractivity contribution in [1.29, 1.82) is 0 Å². The molecule has 2 rings (SSSR count). The van der Waals surface area contributed by atoms with Gasteiger partial charge in [-0.2, -0.15) is 11.8 Å². The molecule has 0 aromatic heterocycles. The molecule has 1 heterocycles. The van der Waals surface area contributed by atoms with Gasteiger partial charge in [0.25, 0.3) is 0 Å². The van der Waals surface area contributed by atoms with Crippen LogP contribution in [0.15, 0.2) is 0 Å². The second-order valence-electron chi connectivity index (χ2n) is 4.89. The van der Waals surface area contributed by atoms with Crippen LogP contribution >= 0.6 is 11.8 Å². The zero-order valence-electron chi connectivity index (χ0n) is 10.6. The molecule has 0 spiro atoms. The fourth-order valence-electron chi connectivity index (χ4n) is 2.74. The van der Waals surface area contributed by atoms with E-state index >= 15 is 0 Å². The summed E-state index contributed by atoms with van der Waals surface area (Å²) in [6.07, 6.45) is 6.68. The van der Waals surface area contributed by atoms with Crippen LogP contribution in [-0.4, -0.2) is 35.7 Å². The van der Waals surface area contributed by atoms with E-state index < -0.39 is 0 Å². The van der Waals surface area contributed by atoms with Gasteiger partial charge >= 0.3 is 0 Å². The first kappa shape index (κ1) is 13.2. The standard InChI is InChI=1S/C13H23NO2S/c1-2-17-12-8-4-3-6-10(12)14-13(15)11-7-5-9-16-11/h10-12H,2-9H2,1H3,(H,14,15)/t10-,11-,12-/m1/s1. The number of thioether (sulfide) groups is 1. The maximum Gasteiger partial charge on any atom is 0.249 e. The Bertz CT molecular complexity index is 252. The molecule has 1 saturated carbocycles. The van der Waals surface area contributed by atoms with Crippen LogP contribution in [0.4, 0.5) is 0 Å². The fraction of sp³-hybridized carbons (Fsp3) is 0.923. The number of nitrogens with one attached hydrogen (secondary N) is 1. The third-order valence-electron chi connectivity index (χ3n) is 3.63. The molecule has 1 amide bonds. The van der Waals surface area contributed by atoms with Gasteiger partial charge in [-0.05, 0) is 31.4 Å². The van der Waals surface area contributed by atoms with E-state index in [0.717, 1.165) is 31.6 Å². The minimum absolute atomic E-state index is 0.121. The molecule has 98 valence electrons. The summed E-state index contributed by atoms with van der Waals surface area (Å²) in [6.45, 7) is 2.94. The minimum atomic E-state index is -0.177. The number of carbonyl (C=O) groups excluding carboxylic acids is 1. The monoisotopic (exact) mass is 257 g/mol. The van der Waals surface area contributed by atoms with Crippen LogP contribution in [0, 0.1) is 0 Å². The number of carbonyl (C=O) groups is 1. The molecule has 17 heavy (non-hydrogen) atoms. The topological polar surface area (TPSA) is 38.3 Å². The van der Waals surface area contributed by atoms with Gasteiger partial charge in [-0.1, -0.05) is 19.8 Å². The lowest BCUT2D eigenvalue weighted by Gasteiger charge is -2.32. The summed E-state index contributed by atoms with van der Waals surface area (Å²) in [4.78, 5) is 12.0. The summed E-state index contributed by atoms with van der Waals surface area (Å²) < 4.78 is 5.43. The van der Waals surface area contributed by atoms with E-state index in [1.54, 1.807) is 0 Å². The molecule has 0 aromatic carbocycles. The third kappa shape index (κ3) is 3.62. The number of ether oxygens (including phenoxy) is 1. The van der Waals surface area contributed by atoms with Gasteiger partial charge in [-0.15, -0.1) is 0 Å². The highest BCUT2D eigenvalue weighted by Crippen LogP contribution is 2.29. The summed E-state index contributed by atoms with van der Waals surface area (Å²) >= 11 is 1.99. The Morgan fingerprint density at radius 2 is 2.12 bits per heavy atom. The Hall–Kier alpha value is -0.220. The van der Waals surface area contributed by atoms with Crippen molar-refractivity contribution in [2.24, 2.45) is 0 Å². The summed E-state index contributed by atoms with van der Waals surface area (Å²) in [5.41, 5.74) is 0. The summed E-state index contributed by atoms with van der Waals surface area (Å²) in [6, 6.07) is 0.366. The molecule has 1 aliphatic carbocycles. The maximum absolute atomic E-state index is 12.0. The van der Waals surface area contributed by atoms with E-state index in [2.05, 4.69) is 12.2 Å². The second-order valence-corrected chi connectivity index (χ2v) is 6.41. The summed E-state index contributed by atoms with van der Waals surface area (Å²) in [5, 5.41) is 3.82. The predicted molar refractivity (Wildman–Crippen MR) is 71.3 cm³/mol. The molecule has 1 aliphatic heterocycles. The Morgan fingerprint density at radius 1 is 1.29 bits per heavy atom. The molecule has 3 atom stereocenters. The van der Waals surface area contributed by atoms with E-state index in [0.29, 0.717) is 11.3 Å². The average Bonchev–Trinajstić information content (AvgIpc) is 2.85. The first-order chi connectivity index (χ1) is 8.31. The minimum Gasteiger partial charge on any atom is -0.368 e. The van der Waals surface area contributed by atoms with Gasteiger partial charge in [-0.3, -0.25) is 4.79 Å². The number of amides is 1. The van der Waals surface area contributed by atoms with E-state index in [1.165, 1.54) is 19.3 Å². The quantitative estimate of drug-likeness (QED) is 0.840. The van der Waals surface area contributed by atoms with Gasteiger partial charge in [0.1, 0.15) is 6.10 Å². The highest BCUT2D eigenvalue weighted by molar-refractivity contribution is 7.99. The average molecular weight is 257 g/mol. The number of rotatable bonds is 4. The van der Waals surface area contributed by atoms with Crippen molar-refractivity contribution in [3.05, 3.63) is 0 Å². The molecule has 3 nitrogen and oxygen atoms in total. The molecule has 0 bridgehead atoms. The van der Waals surface area contributed by atoms with E-state index in [9.17, 15) is 4.79 Å². The molecule has 0 radical (unpaired) electrons. The van der Waals surface area contributed by atoms with Gasteiger partial charge in [0, 0.05) is 17.9 Å². The number of hydrogen-bond acceptors (Lipinski definition) is 3. The van der Waals surface area contributed by atoms with Crippen LogP contribution < -0.4 is 5.32 Å². The van der Waals surface area contributed by atoms with Crippen LogP contribution in [-0.2, 0) is 9.53 Å². The first-order valence-corrected chi connectivity index (χ1v) is 7.89. The van der Waals surface area contributed by atoms with Crippen LogP contribution in [0.25, 0.3) is 0 Å². The zero-order chi connectivity index (χ0) is 12.1. The highest BCUT2D eigenvalue weighted by atomic mass is 32.2.